The van der Waals surface area contributed by atoms with Crippen LogP contribution in [0.1, 0.15) is 0 Å². The van der Waals surface area contributed by atoms with Crippen LogP contribution in [0.4, 0.5) is 11.4 Å². The van der Waals surface area contributed by atoms with Crippen molar-refractivity contribution in [2.45, 2.75) is 0 Å². The van der Waals surface area contributed by atoms with Crippen LogP contribution in [0.25, 0.3) is 0 Å². The number of anilines is 2. The van der Waals surface area contributed by atoms with Crippen molar-refractivity contribution < 1.29 is 4.74 Å². The summed E-state index contributed by atoms with van der Waals surface area (Å²) in [6.45, 7) is 2.17. The van der Waals surface area contributed by atoms with Crippen LogP contribution in [0.3, 0.4) is 0 Å². The summed E-state index contributed by atoms with van der Waals surface area (Å²) in [5, 5.41) is 3.25. The summed E-state index contributed by atoms with van der Waals surface area (Å²) >= 11 is 0. The number of nitrogen functional groups attached to an aromatic ring is 1. The van der Waals surface area contributed by atoms with Crippen LogP contribution in [-0.2, 0) is 0 Å². The van der Waals surface area contributed by atoms with Gasteiger partial charge in [0.1, 0.15) is 18.2 Å². The number of nitrogens with two attached hydrogens (primary N) is 1. The molecular formula is C12H18N4O. The lowest BCUT2D eigenvalue weighted by Crippen LogP contribution is -2.27. The summed E-state index contributed by atoms with van der Waals surface area (Å²) in [5.41, 5.74) is 7.32. The summed E-state index contributed by atoms with van der Waals surface area (Å²) in [7, 11) is 4.06. The average molecular weight is 234 g/mol. The summed E-state index contributed by atoms with van der Waals surface area (Å²) in [5.74, 6) is 1.65. The lowest BCUT2D eigenvalue weighted by Gasteiger charge is -2.21. The van der Waals surface area contributed by atoms with Gasteiger partial charge in [0.25, 0.3) is 0 Å². The number of aliphatic imine (C=N–C) groups is 1. The Hall–Kier alpha value is -1.75. The second-order valence-corrected chi connectivity index (χ2v) is 4.30. The van der Waals surface area contributed by atoms with Gasteiger partial charge in [-0.05, 0) is 26.2 Å². The summed E-state index contributed by atoms with van der Waals surface area (Å²) < 4.78 is 5.59. The van der Waals surface area contributed by atoms with Gasteiger partial charge in [-0.2, -0.15) is 0 Å². The zero-order valence-electron chi connectivity index (χ0n) is 10.2. The molecule has 0 spiro atoms. The number of nitrogens with one attached hydrogen (secondary N) is 1. The van der Waals surface area contributed by atoms with Gasteiger partial charge in [-0.25, -0.2) is 0 Å². The number of amidine groups is 1. The highest BCUT2D eigenvalue weighted by molar-refractivity contribution is 5.99. The van der Waals surface area contributed by atoms with Gasteiger partial charge in [0.05, 0.1) is 12.2 Å². The Morgan fingerprint density at radius 1 is 1.47 bits per heavy atom. The second kappa shape index (κ2) is 5.05. The number of likely N-dealkylation sites (N-methyl/N-ethyl adjacent to an activating group) is 1. The van der Waals surface area contributed by atoms with E-state index in [0.717, 1.165) is 30.4 Å². The first kappa shape index (κ1) is 11.7. The van der Waals surface area contributed by atoms with E-state index in [4.69, 9.17) is 10.5 Å². The Bertz CT molecular complexity index is 429. The van der Waals surface area contributed by atoms with Crippen LogP contribution in [0, 0.1) is 0 Å². The first-order valence-corrected chi connectivity index (χ1v) is 5.62. The molecule has 0 unspecified atom stereocenters. The molecule has 0 fully saturated rings. The maximum absolute atomic E-state index is 5.69. The molecule has 1 aromatic carbocycles. The molecule has 17 heavy (non-hydrogen) atoms. The monoisotopic (exact) mass is 234 g/mol. The van der Waals surface area contributed by atoms with Crippen molar-refractivity contribution in [2.24, 2.45) is 4.99 Å². The molecule has 2 rings (SSSR count). The molecule has 0 saturated heterocycles. The van der Waals surface area contributed by atoms with Crippen LogP contribution in [0.2, 0.25) is 0 Å². The minimum atomic E-state index is 0.476. The standard InChI is InChI=1S/C12H18N4O/c1-16(2)6-5-14-12-8-17-11-7-9(13)3-4-10(11)15-12/h3-4,7H,5-6,8,13H2,1-2H3,(H,14,15). The summed E-state index contributed by atoms with van der Waals surface area (Å²) in [6.07, 6.45) is 0. The molecule has 0 bridgehead atoms. The van der Waals surface area contributed by atoms with Gasteiger partial charge in [-0.1, -0.05) is 0 Å². The van der Waals surface area contributed by atoms with E-state index >= 15 is 0 Å². The van der Waals surface area contributed by atoms with E-state index in [2.05, 4.69) is 15.2 Å². The number of hydrogen-bond donors (Lipinski definition) is 2. The fraction of sp³-hybridized carbons (Fsp3) is 0.417. The van der Waals surface area contributed by atoms with E-state index in [1.807, 2.05) is 32.3 Å². The van der Waals surface area contributed by atoms with Crippen molar-refractivity contribution in [1.29, 1.82) is 0 Å². The van der Waals surface area contributed by atoms with Crippen LogP contribution in [0.5, 0.6) is 5.75 Å². The van der Waals surface area contributed by atoms with Gasteiger partial charge in [-0.3, -0.25) is 4.99 Å². The molecule has 0 radical (unpaired) electrons. The van der Waals surface area contributed by atoms with Gasteiger partial charge in [0.15, 0.2) is 0 Å². The van der Waals surface area contributed by atoms with Crippen molar-refractivity contribution in [2.75, 3.05) is 44.8 Å². The molecule has 1 aliphatic rings. The van der Waals surface area contributed by atoms with Gasteiger partial charge in [0.2, 0.25) is 0 Å². The Labute approximate surface area is 101 Å². The Kier molecular flexibility index (Phi) is 3.49. The zero-order valence-corrected chi connectivity index (χ0v) is 10.2. The number of fused-ring (bicyclic) bond motifs is 1. The molecule has 0 atom stereocenters. The second-order valence-electron chi connectivity index (χ2n) is 4.30. The predicted molar refractivity (Wildman–Crippen MR) is 70.8 cm³/mol. The van der Waals surface area contributed by atoms with E-state index in [1.165, 1.54) is 0 Å². The third kappa shape index (κ3) is 3.10. The molecule has 0 amide bonds. The van der Waals surface area contributed by atoms with Gasteiger partial charge < -0.3 is 20.7 Å². The first-order valence-electron chi connectivity index (χ1n) is 5.62. The summed E-state index contributed by atoms with van der Waals surface area (Å²) in [6, 6.07) is 5.57. The molecular weight excluding hydrogens is 216 g/mol. The molecule has 0 saturated carbocycles. The maximum Gasteiger partial charge on any atom is 0.146 e. The van der Waals surface area contributed by atoms with Gasteiger partial charge in [0, 0.05) is 18.3 Å². The number of rotatable bonds is 3. The highest BCUT2D eigenvalue weighted by Gasteiger charge is 2.13. The van der Waals surface area contributed by atoms with Gasteiger partial charge in [-0.15, -0.1) is 0 Å². The van der Waals surface area contributed by atoms with E-state index in [-0.39, 0.29) is 0 Å². The third-order valence-electron chi connectivity index (χ3n) is 2.50. The number of benzene rings is 1. The molecule has 3 N–H and O–H groups in total. The van der Waals surface area contributed by atoms with Crippen LogP contribution in [0.15, 0.2) is 23.2 Å². The molecule has 92 valence electrons. The van der Waals surface area contributed by atoms with E-state index < -0.39 is 0 Å². The minimum Gasteiger partial charge on any atom is -0.483 e. The fourth-order valence-electron chi connectivity index (χ4n) is 1.57. The van der Waals surface area contributed by atoms with Gasteiger partial charge >= 0.3 is 0 Å². The molecule has 1 heterocycles. The maximum atomic E-state index is 5.69. The normalized spacial score (nSPS) is 16.5. The van der Waals surface area contributed by atoms with Crippen LogP contribution < -0.4 is 15.8 Å². The van der Waals surface area contributed by atoms with E-state index in [0.29, 0.717) is 12.3 Å². The average Bonchev–Trinajstić information content (AvgIpc) is 2.29. The van der Waals surface area contributed by atoms with Crippen molar-refractivity contribution in [3.05, 3.63) is 18.2 Å². The van der Waals surface area contributed by atoms with E-state index in [1.54, 1.807) is 0 Å². The zero-order chi connectivity index (χ0) is 12.3. The van der Waals surface area contributed by atoms with Crippen molar-refractivity contribution >= 4 is 17.2 Å². The van der Waals surface area contributed by atoms with Crippen molar-refractivity contribution in [3.63, 3.8) is 0 Å². The Morgan fingerprint density at radius 2 is 2.29 bits per heavy atom. The van der Waals surface area contributed by atoms with Crippen LogP contribution >= 0.6 is 0 Å². The molecule has 1 aromatic rings. The topological polar surface area (TPSA) is 62.9 Å². The first-order chi connectivity index (χ1) is 8.15. The number of nitrogens with zero attached hydrogens (tertiary/aromatic N) is 2. The summed E-state index contributed by atoms with van der Waals surface area (Å²) in [4.78, 5) is 6.55. The molecule has 0 aromatic heterocycles. The lowest BCUT2D eigenvalue weighted by molar-refractivity contribution is 0.371. The quantitative estimate of drug-likeness (QED) is 0.767. The molecule has 0 aliphatic carbocycles. The Morgan fingerprint density at radius 3 is 3.06 bits per heavy atom. The number of ether oxygens (including phenoxy) is 1. The van der Waals surface area contributed by atoms with Crippen LogP contribution in [-0.4, -0.2) is 44.5 Å². The highest BCUT2D eigenvalue weighted by atomic mass is 16.5. The largest absolute Gasteiger partial charge is 0.483 e. The SMILES string of the molecule is CN(C)CCN=C1COc2cc(N)ccc2N1. The minimum absolute atomic E-state index is 0.476. The highest BCUT2D eigenvalue weighted by Crippen LogP contribution is 2.29. The molecule has 5 heteroatoms. The van der Waals surface area contributed by atoms with Crippen molar-refractivity contribution in [3.8, 4) is 5.75 Å². The fourth-order valence-corrected chi connectivity index (χ4v) is 1.57. The Balaban J connectivity index is 2.01. The van der Waals surface area contributed by atoms with Crippen molar-refractivity contribution in [1.82, 2.24) is 4.90 Å². The van der Waals surface area contributed by atoms with E-state index in [9.17, 15) is 0 Å². The smallest absolute Gasteiger partial charge is 0.146 e. The third-order valence-corrected chi connectivity index (χ3v) is 2.50. The predicted octanol–water partition coefficient (Wildman–Crippen LogP) is 1.03. The molecule has 5 nitrogen and oxygen atoms in total. The molecule has 1 aliphatic heterocycles. The number of hydrogen-bond acceptors (Lipinski definition) is 4. The lowest BCUT2D eigenvalue weighted by atomic mass is 10.2.